The quantitative estimate of drug-likeness (QED) is 0.751. The van der Waals surface area contributed by atoms with Gasteiger partial charge in [0.25, 0.3) is 5.91 Å². The lowest BCUT2D eigenvalue weighted by Gasteiger charge is -2.08. The van der Waals surface area contributed by atoms with Crippen LogP contribution in [0.15, 0.2) is 12.3 Å². The van der Waals surface area contributed by atoms with Gasteiger partial charge in [-0.05, 0) is 25.5 Å². The number of amides is 1. The van der Waals surface area contributed by atoms with E-state index in [1.807, 2.05) is 19.9 Å². The van der Waals surface area contributed by atoms with Crippen molar-refractivity contribution in [1.82, 2.24) is 15.6 Å². The molecule has 1 aromatic heterocycles. The lowest BCUT2D eigenvalue weighted by Crippen LogP contribution is -2.30. The maximum Gasteiger partial charge on any atom is 0.253 e. The minimum atomic E-state index is -0.0489. The molecule has 2 heterocycles. The molecule has 80 valence electrons. The summed E-state index contributed by atoms with van der Waals surface area (Å²) in [5.41, 5.74) is 2.83. The van der Waals surface area contributed by atoms with Gasteiger partial charge in [0, 0.05) is 25.3 Å². The summed E-state index contributed by atoms with van der Waals surface area (Å²) in [7, 11) is 0. The van der Waals surface area contributed by atoms with Crippen LogP contribution < -0.4 is 10.6 Å². The zero-order valence-electron chi connectivity index (χ0n) is 9.00. The van der Waals surface area contributed by atoms with Crippen LogP contribution in [0.25, 0.3) is 0 Å². The highest BCUT2D eigenvalue weighted by molar-refractivity contribution is 5.94. The fourth-order valence-electron chi connectivity index (χ4n) is 1.64. The highest BCUT2D eigenvalue weighted by Crippen LogP contribution is 2.14. The molecule has 2 N–H and O–H groups in total. The van der Waals surface area contributed by atoms with Crippen LogP contribution in [0.1, 0.15) is 35.5 Å². The molecule has 1 amide bonds. The van der Waals surface area contributed by atoms with Gasteiger partial charge in [0.15, 0.2) is 0 Å². The fraction of sp³-hybridized carbons (Fsp3) is 0.455. The highest BCUT2D eigenvalue weighted by atomic mass is 16.1. The molecule has 0 aliphatic carbocycles. The third-order valence-electron chi connectivity index (χ3n) is 2.35. The van der Waals surface area contributed by atoms with Crippen molar-refractivity contribution in [3.05, 3.63) is 29.1 Å². The SMILES string of the molecule is CC(C)NC(=O)c1cnc2c(c1)CNC2. The summed E-state index contributed by atoms with van der Waals surface area (Å²) in [6.07, 6.45) is 1.64. The summed E-state index contributed by atoms with van der Waals surface area (Å²) in [5.74, 6) is -0.0489. The molecule has 1 aliphatic heterocycles. The van der Waals surface area contributed by atoms with Crippen molar-refractivity contribution in [2.24, 2.45) is 0 Å². The van der Waals surface area contributed by atoms with Crippen molar-refractivity contribution in [1.29, 1.82) is 0 Å². The van der Waals surface area contributed by atoms with E-state index in [2.05, 4.69) is 15.6 Å². The van der Waals surface area contributed by atoms with E-state index in [1.54, 1.807) is 6.20 Å². The van der Waals surface area contributed by atoms with Crippen molar-refractivity contribution in [3.63, 3.8) is 0 Å². The van der Waals surface area contributed by atoms with Gasteiger partial charge in [-0.25, -0.2) is 0 Å². The van der Waals surface area contributed by atoms with Crippen molar-refractivity contribution in [2.45, 2.75) is 33.0 Å². The van der Waals surface area contributed by atoms with E-state index in [1.165, 1.54) is 0 Å². The Bertz CT molecular complexity index is 387. The van der Waals surface area contributed by atoms with Crippen LogP contribution in [-0.4, -0.2) is 16.9 Å². The van der Waals surface area contributed by atoms with E-state index < -0.39 is 0 Å². The second kappa shape index (κ2) is 3.98. The molecule has 0 bridgehead atoms. The van der Waals surface area contributed by atoms with Crippen LogP contribution >= 0.6 is 0 Å². The smallest absolute Gasteiger partial charge is 0.253 e. The summed E-state index contributed by atoms with van der Waals surface area (Å²) in [6, 6.07) is 2.07. The number of aromatic nitrogens is 1. The standard InChI is InChI=1S/C11H15N3O/c1-7(2)14-11(15)9-3-8-4-12-6-10(8)13-5-9/h3,5,7,12H,4,6H2,1-2H3,(H,14,15). The van der Waals surface area contributed by atoms with Crippen molar-refractivity contribution < 1.29 is 4.79 Å². The van der Waals surface area contributed by atoms with Crippen molar-refractivity contribution in [3.8, 4) is 0 Å². The van der Waals surface area contributed by atoms with Gasteiger partial charge in [0.05, 0.1) is 11.3 Å². The molecule has 4 nitrogen and oxygen atoms in total. The van der Waals surface area contributed by atoms with E-state index in [-0.39, 0.29) is 11.9 Å². The van der Waals surface area contributed by atoms with Crippen LogP contribution in [0.3, 0.4) is 0 Å². The molecule has 0 spiro atoms. The summed E-state index contributed by atoms with van der Waals surface area (Å²) in [5, 5.41) is 6.05. The number of nitrogens with one attached hydrogen (secondary N) is 2. The number of hydrogen-bond donors (Lipinski definition) is 2. The summed E-state index contributed by atoms with van der Waals surface area (Å²) >= 11 is 0. The van der Waals surface area contributed by atoms with E-state index in [9.17, 15) is 4.79 Å². The normalized spacial score (nSPS) is 14.1. The zero-order valence-corrected chi connectivity index (χ0v) is 9.00. The molecule has 1 aliphatic rings. The molecule has 0 fully saturated rings. The van der Waals surface area contributed by atoms with Gasteiger partial charge in [0.2, 0.25) is 0 Å². The monoisotopic (exact) mass is 205 g/mol. The van der Waals surface area contributed by atoms with Crippen molar-refractivity contribution in [2.75, 3.05) is 0 Å². The van der Waals surface area contributed by atoms with Gasteiger partial charge >= 0.3 is 0 Å². The molecule has 4 heteroatoms. The maximum atomic E-state index is 11.7. The van der Waals surface area contributed by atoms with Crippen LogP contribution in [-0.2, 0) is 13.1 Å². The molecule has 0 saturated heterocycles. The van der Waals surface area contributed by atoms with E-state index in [0.717, 1.165) is 24.3 Å². The average Bonchev–Trinajstić information content (AvgIpc) is 2.62. The van der Waals surface area contributed by atoms with E-state index in [0.29, 0.717) is 5.56 Å². The second-order valence-corrected chi connectivity index (χ2v) is 4.06. The summed E-state index contributed by atoms with van der Waals surface area (Å²) < 4.78 is 0. The van der Waals surface area contributed by atoms with E-state index in [4.69, 9.17) is 0 Å². The van der Waals surface area contributed by atoms with Crippen LogP contribution in [0, 0.1) is 0 Å². The van der Waals surface area contributed by atoms with Gasteiger partial charge in [-0.15, -0.1) is 0 Å². The predicted octanol–water partition coefficient (Wildman–Crippen LogP) is 0.823. The number of nitrogens with zero attached hydrogens (tertiary/aromatic N) is 1. The van der Waals surface area contributed by atoms with Gasteiger partial charge < -0.3 is 10.6 Å². The van der Waals surface area contributed by atoms with E-state index >= 15 is 0 Å². The Labute approximate surface area is 89.1 Å². The second-order valence-electron chi connectivity index (χ2n) is 4.06. The van der Waals surface area contributed by atoms with Gasteiger partial charge in [-0.2, -0.15) is 0 Å². The Balaban J connectivity index is 2.19. The average molecular weight is 205 g/mol. The Morgan fingerprint density at radius 3 is 3.07 bits per heavy atom. The third kappa shape index (κ3) is 2.15. The molecular weight excluding hydrogens is 190 g/mol. The van der Waals surface area contributed by atoms with Crippen LogP contribution in [0.5, 0.6) is 0 Å². The topological polar surface area (TPSA) is 54.0 Å². The van der Waals surface area contributed by atoms with Crippen LogP contribution in [0.2, 0.25) is 0 Å². The molecular formula is C11H15N3O. The first-order chi connectivity index (χ1) is 7.16. The minimum absolute atomic E-state index is 0.0489. The first-order valence-corrected chi connectivity index (χ1v) is 5.16. The molecule has 0 radical (unpaired) electrons. The Hall–Kier alpha value is -1.42. The minimum Gasteiger partial charge on any atom is -0.350 e. The maximum absolute atomic E-state index is 11.7. The number of carbonyl (C=O) groups is 1. The van der Waals surface area contributed by atoms with Gasteiger partial charge in [0.1, 0.15) is 0 Å². The molecule has 0 saturated carbocycles. The number of fused-ring (bicyclic) bond motifs is 1. The molecule has 0 atom stereocenters. The molecule has 15 heavy (non-hydrogen) atoms. The Morgan fingerprint density at radius 1 is 1.53 bits per heavy atom. The Kier molecular flexibility index (Phi) is 2.68. The Morgan fingerprint density at radius 2 is 2.33 bits per heavy atom. The number of rotatable bonds is 2. The zero-order chi connectivity index (χ0) is 10.8. The first kappa shape index (κ1) is 10.1. The number of pyridine rings is 1. The molecule has 0 unspecified atom stereocenters. The molecule has 1 aromatic rings. The fourth-order valence-corrected chi connectivity index (χ4v) is 1.64. The summed E-state index contributed by atoms with van der Waals surface area (Å²) in [6.45, 7) is 5.51. The first-order valence-electron chi connectivity index (χ1n) is 5.16. The third-order valence-corrected chi connectivity index (χ3v) is 2.35. The molecule has 0 aromatic carbocycles. The van der Waals surface area contributed by atoms with Crippen LogP contribution in [0.4, 0.5) is 0 Å². The lowest BCUT2D eigenvalue weighted by atomic mass is 10.1. The predicted molar refractivity (Wildman–Crippen MR) is 57.4 cm³/mol. The highest BCUT2D eigenvalue weighted by Gasteiger charge is 2.14. The lowest BCUT2D eigenvalue weighted by molar-refractivity contribution is 0.0942. The number of carbonyl (C=O) groups excluding carboxylic acids is 1. The number of hydrogen-bond acceptors (Lipinski definition) is 3. The van der Waals surface area contributed by atoms with Gasteiger partial charge in [-0.3, -0.25) is 9.78 Å². The van der Waals surface area contributed by atoms with Gasteiger partial charge in [-0.1, -0.05) is 0 Å². The largest absolute Gasteiger partial charge is 0.350 e. The summed E-state index contributed by atoms with van der Waals surface area (Å²) in [4.78, 5) is 15.9. The molecule has 2 rings (SSSR count). The van der Waals surface area contributed by atoms with Crippen molar-refractivity contribution >= 4 is 5.91 Å².